The van der Waals surface area contributed by atoms with Crippen LogP contribution < -0.4 is 10.1 Å². The van der Waals surface area contributed by atoms with Crippen LogP contribution in [-0.2, 0) is 6.42 Å². The molecule has 4 heteroatoms. The number of hydrogen-bond donors (Lipinski definition) is 1. The fraction of sp³-hybridized carbons (Fsp3) is 0.467. The van der Waals surface area contributed by atoms with Crippen LogP contribution in [0.25, 0.3) is 11.0 Å². The lowest BCUT2D eigenvalue weighted by Crippen LogP contribution is -2.09. The van der Waals surface area contributed by atoms with Crippen molar-refractivity contribution in [3.05, 3.63) is 30.0 Å². The van der Waals surface area contributed by atoms with Crippen LogP contribution in [-0.4, -0.2) is 30.2 Å². The Hall–Kier alpha value is -1.68. The summed E-state index contributed by atoms with van der Waals surface area (Å²) in [4.78, 5) is 8.91. The van der Waals surface area contributed by atoms with Gasteiger partial charge >= 0.3 is 0 Å². The predicted molar refractivity (Wildman–Crippen MR) is 75.4 cm³/mol. The fourth-order valence-corrected chi connectivity index (χ4v) is 2.70. The summed E-state index contributed by atoms with van der Waals surface area (Å²) < 4.78 is 5.21. The molecule has 0 spiro atoms. The molecule has 1 fully saturated rings. The highest BCUT2D eigenvalue weighted by molar-refractivity contribution is 5.78. The summed E-state index contributed by atoms with van der Waals surface area (Å²) >= 11 is 0. The quantitative estimate of drug-likeness (QED) is 0.912. The Morgan fingerprint density at radius 1 is 1.37 bits per heavy atom. The third kappa shape index (κ3) is 2.68. The second kappa shape index (κ2) is 5.53. The van der Waals surface area contributed by atoms with Gasteiger partial charge in [-0.15, -0.1) is 0 Å². The van der Waals surface area contributed by atoms with Gasteiger partial charge < -0.3 is 10.1 Å². The van der Waals surface area contributed by atoms with Gasteiger partial charge in [-0.05, 0) is 56.0 Å². The second-order valence-electron chi connectivity index (χ2n) is 5.09. The largest absolute Gasteiger partial charge is 0.481 e. The van der Waals surface area contributed by atoms with Gasteiger partial charge in [0.25, 0.3) is 0 Å². The van der Waals surface area contributed by atoms with E-state index in [0.29, 0.717) is 5.88 Å². The molecule has 3 rings (SSSR count). The third-order valence-electron chi connectivity index (χ3n) is 3.84. The third-order valence-corrected chi connectivity index (χ3v) is 3.84. The van der Waals surface area contributed by atoms with Crippen molar-refractivity contribution in [2.24, 2.45) is 5.92 Å². The molecule has 3 heterocycles. The first-order valence-corrected chi connectivity index (χ1v) is 6.86. The van der Waals surface area contributed by atoms with Gasteiger partial charge in [-0.3, -0.25) is 4.98 Å². The molecule has 0 aromatic carbocycles. The van der Waals surface area contributed by atoms with Crippen LogP contribution in [0.3, 0.4) is 0 Å². The van der Waals surface area contributed by atoms with E-state index in [4.69, 9.17) is 4.74 Å². The lowest BCUT2D eigenvalue weighted by Gasteiger charge is -2.10. The Morgan fingerprint density at radius 3 is 3.11 bits per heavy atom. The van der Waals surface area contributed by atoms with Crippen LogP contribution in [0.4, 0.5) is 0 Å². The molecular weight excluding hydrogens is 238 g/mol. The van der Waals surface area contributed by atoms with Crippen molar-refractivity contribution in [2.45, 2.75) is 19.3 Å². The molecule has 1 saturated heterocycles. The Morgan fingerprint density at radius 2 is 2.32 bits per heavy atom. The molecule has 0 bridgehead atoms. The number of pyridine rings is 2. The average molecular weight is 257 g/mol. The van der Waals surface area contributed by atoms with E-state index in [9.17, 15) is 0 Å². The molecule has 100 valence electrons. The van der Waals surface area contributed by atoms with E-state index in [1.165, 1.54) is 18.4 Å². The Kier molecular flexibility index (Phi) is 3.60. The summed E-state index contributed by atoms with van der Waals surface area (Å²) in [5, 5.41) is 3.42. The molecule has 19 heavy (non-hydrogen) atoms. The zero-order valence-electron chi connectivity index (χ0n) is 11.2. The Balaban J connectivity index is 1.84. The minimum atomic E-state index is 0.657. The van der Waals surface area contributed by atoms with E-state index in [1.54, 1.807) is 7.11 Å². The Bertz CT molecular complexity index is 564. The highest BCUT2D eigenvalue weighted by atomic mass is 16.5. The number of aryl methyl sites for hydroxylation is 1. The molecule has 1 N–H and O–H groups in total. The molecule has 1 atom stereocenters. The van der Waals surface area contributed by atoms with Crippen LogP contribution in [0.1, 0.15) is 18.4 Å². The first-order chi connectivity index (χ1) is 9.36. The van der Waals surface area contributed by atoms with E-state index in [2.05, 4.69) is 21.4 Å². The lowest BCUT2D eigenvalue weighted by molar-refractivity contribution is 0.399. The molecule has 2 aromatic heterocycles. The minimum Gasteiger partial charge on any atom is -0.481 e. The lowest BCUT2D eigenvalue weighted by atomic mass is 9.98. The van der Waals surface area contributed by atoms with Crippen LogP contribution in [0.15, 0.2) is 24.4 Å². The maximum Gasteiger partial charge on any atom is 0.213 e. The summed E-state index contributed by atoms with van der Waals surface area (Å²) in [6.45, 7) is 2.31. The minimum absolute atomic E-state index is 0.657. The van der Waals surface area contributed by atoms with Crippen LogP contribution >= 0.6 is 0 Å². The van der Waals surface area contributed by atoms with Crippen LogP contribution in [0.2, 0.25) is 0 Å². The summed E-state index contributed by atoms with van der Waals surface area (Å²) in [7, 11) is 1.65. The molecule has 0 amide bonds. The van der Waals surface area contributed by atoms with E-state index in [-0.39, 0.29) is 0 Å². The number of fused-ring (bicyclic) bond motifs is 1. The van der Waals surface area contributed by atoms with E-state index >= 15 is 0 Å². The average Bonchev–Trinajstić information content (AvgIpc) is 2.97. The summed E-state index contributed by atoms with van der Waals surface area (Å²) in [6.07, 6.45) is 5.44. The predicted octanol–water partition coefficient (Wildman–Crippen LogP) is 2.18. The van der Waals surface area contributed by atoms with Gasteiger partial charge in [0, 0.05) is 12.3 Å². The maximum absolute atomic E-state index is 5.21. The van der Waals surface area contributed by atoms with Crippen molar-refractivity contribution in [1.29, 1.82) is 0 Å². The molecule has 1 aliphatic heterocycles. The number of hydrogen-bond acceptors (Lipinski definition) is 4. The highest BCUT2D eigenvalue weighted by Gasteiger charge is 2.15. The molecule has 2 aromatic rings. The van der Waals surface area contributed by atoms with Gasteiger partial charge in [0.15, 0.2) is 0 Å². The first-order valence-electron chi connectivity index (χ1n) is 6.86. The Labute approximate surface area is 113 Å². The van der Waals surface area contributed by atoms with E-state index in [0.717, 1.165) is 36.5 Å². The van der Waals surface area contributed by atoms with Crippen molar-refractivity contribution >= 4 is 11.0 Å². The van der Waals surface area contributed by atoms with E-state index < -0.39 is 0 Å². The second-order valence-corrected chi connectivity index (χ2v) is 5.09. The number of ether oxygens (including phenoxy) is 1. The number of rotatable bonds is 4. The first kappa shape index (κ1) is 12.4. The summed E-state index contributed by atoms with van der Waals surface area (Å²) in [6, 6.07) is 5.92. The van der Waals surface area contributed by atoms with Gasteiger partial charge in [-0.2, -0.15) is 0 Å². The zero-order valence-corrected chi connectivity index (χ0v) is 11.2. The van der Waals surface area contributed by atoms with Crippen LogP contribution in [0, 0.1) is 5.92 Å². The zero-order chi connectivity index (χ0) is 13.1. The van der Waals surface area contributed by atoms with Crippen LogP contribution in [0.5, 0.6) is 5.88 Å². The van der Waals surface area contributed by atoms with Gasteiger partial charge in [-0.1, -0.05) is 0 Å². The highest BCUT2D eigenvalue weighted by Crippen LogP contribution is 2.22. The molecule has 1 unspecified atom stereocenters. The molecule has 0 aliphatic carbocycles. The number of aromatic nitrogens is 2. The normalized spacial score (nSPS) is 18.9. The SMILES string of the molecule is COc1ccc2nccc(CCC3CCNC3)c2n1. The van der Waals surface area contributed by atoms with E-state index in [1.807, 2.05) is 18.3 Å². The fourth-order valence-electron chi connectivity index (χ4n) is 2.70. The number of nitrogens with zero attached hydrogens (tertiary/aromatic N) is 2. The maximum atomic E-state index is 5.21. The topological polar surface area (TPSA) is 47.0 Å². The van der Waals surface area contributed by atoms with Gasteiger partial charge in [0.05, 0.1) is 18.1 Å². The van der Waals surface area contributed by atoms with Gasteiger partial charge in [0.2, 0.25) is 5.88 Å². The number of nitrogens with one attached hydrogen (secondary N) is 1. The number of methoxy groups -OCH3 is 1. The molecule has 1 aliphatic rings. The molecular formula is C15H19N3O. The smallest absolute Gasteiger partial charge is 0.213 e. The standard InChI is InChI=1S/C15H19N3O/c1-19-14-5-4-13-15(18-14)12(7-9-17-13)3-2-11-6-8-16-10-11/h4-5,7,9,11,16H,2-3,6,8,10H2,1H3. The molecule has 0 saturated carbocycles. The summed E-state index contributed by atoms with van der Waals surface area (Å²) in [5.41, 5.74) is 3.20. The van der Waals surface area contributed by atoms with Crippen molar-refractivity contribution in [3.8, 4) is 5.88 Å². The summed E-state index contributed by atoms with van der Waals surface area (Å²) in [5.74, 6) is 1.46. The van der Waals surface area contributed by atoms with Crippen molar-refractivity contribution in [3.63, 3.8) is 0 Å². The van der Waals surface area contributed by atoms with Gasteiger partial charge in [-0.25, -0.2) is 4.98 Å². The van der Waals surface area contributed by atoms with Crippen molar-refractivity contribution < 1.29 is 4.74 Å². The monoisotopic (exact) mass is 257 g/mol. The van der Waals surface area contributed by atoms with Crippen molar-refractivity contribution in [1.82, 2.24) is 15.3 Å². The van der Waals surface area contributed by atoms with Crippen molar-refractivity contribution in [2.75, 3.05) is 20.2 Å². The van der Waals surface area contributed by atoms with Gasteiger partial charge in [0.1, 0.15) is 0 Å². The molecule has 4 nitrogen and oxygen atoms in total. The molecule has 0 radical (unpaired) electrons.